The first-order valence-electron chi connectivity index (χ1n) is 8.89. The Hall–Kier alpha value is -2.38. The van der Waals surface area contributed by atoms with E-state index < -0.39 is 5.82 Å². The van der Waals surface area contributed by atoms with Crippen molar-refractivity contribution in [3.05, 3.63) is 52.8 Å². The van der Waals surface area contributed by atoms with Gasteiger partial charge in [-0.2, -0.15) is 0 Å². The highest BCUT2D eigenvalue weighted by atomic mass is 35.5. The number of benzene rings is 2. The van der Waals surface area contributed by atoms with Crippen molar-refractivity contribution >= 4 is 39.1 Å². The van der Waals surface area contributed by atoms with Crippen LogP contribution in [0, 0.1) is 5.82 Å². The van der Waals surface area contributed by atoms with Gasteiger partial charge >= 0.3 is 0 Å². The molecule has 1 saturated heterocycles. The standard InChI is InChI=1S/C20H18ClFN2O3S/c1-26-14-3-5-17-18(11-14)28-20(23-17)27-13-6-8-24(9-7-13)19(25)15-4-2-12(22)10-16(15)21/h2-5,10-11,13H,6-9H2,1H3. The van der Waals surface area contributed by atoms with Crippen molar-refractivity contribution < 1.29 is 18.7 Å². The molecule has 1 aliphatic rings. The molecule has 0 radical (unpaired) electrons. The normalized spacial score (nSPS) is 15.0. The molecule has 2 heterocycles. The van der Waals surface area contributed by atoms with E-state index >= 15 is 0 Å². The van der Waals surface area contributed by atoms with Gasteiger partial charge < -0.3 is 14.4 Å². The zero-order valence-electron chi connectivity index (χ0n) is 15.2. The molecule has 5 nitrogen and oxygen atoms in total. The zero-order chi connectivity index (χ0) is 19.7. The predicted octanol–water partition coefficient (Wildman–Crippen LogP) is 4.78. The molecule has 0 bridgehead atoms. The van der Waals surface area contributed by atoms with E-state index in [2.05, 4.69) is 4.98 Å². The Morgan fingerprint density at radius 1 is 1.25 bits per heavy atom. The smallest absolute Gasteiger partial charge is 0.274 e. The van der Waals surface area contributed by atoms with Crippen LogP contribution < -0.4 is 9.47 Å². The SMILES string of the molecule is COc1ccc2nc(OC3CCN(C(=O)c4ccc(F)cc4Cl)CC3)sc2c1. The summed E-state index contributed by atoms with van der Waals surface area (Å²) >= 11 is 7.49. The molecule has 0 atom stereocenters. The molecule has 0 aliphatic carbocycles. The average molecular weight is 421 g/mol. The second kappa shape index (κ2) is 7.93. The van der Waals surface area contributed by atoms with Crippen LogP contribution in [0.1, 0.15) is 23.2 Å². The van der Waals surface area contributed by atoms with Crippen LogP contribution in [0.15, 0.2) is 36.4 Å². The molecule has 146 valence electrons. The van der Waals surface area contributed by atoms with E-state index in [4.69, 9.17) is 21.1 Å². The van der Waals surface area contributed by atoms with E-state index in [1.165, 1.54) is 23.5 Å². The zero-order valence-corrected chi connectivity index (χ0v) is 16.7. The van der Waals surface area contributed by atoms with Crippen molar-refractivity contribution in [1.82, 2.24) is 9.88 Å². The fourth-order valence-corrected chi connectivity index (χ4v) is 4.37. The minimum Gasteiger partial charge on any atom is -0.497 e. The van der Waals surface area contributed by atoms with Crippen LogP contribution in [0.5, 0.6) is 10.9 Å². The summed E-state index contributed by atoms with van der Waals surface area (Å²) in [5, 5.41) is 0.753. The summed E-state index contributed by atoms with van der Waals surface area (Å²) in [6.07, 6.45) is 1.39. The van der Waals surface area contributed by atoms with Gasteiger partial charge in [-0.3, -0.25) is 4.79 Å². The Bertz CT molecular complexity index is 1020. The van der Waals surface area contributed by atoms with E-state index in [0.717, 1.165) is 22.0 Å². The number of hydrogen-bond donors (Lipinski definition) is 0. The maximum absolute atomic E-state index is 13.2. The van der Waals surface area contributed by atoms with Gasteiger partial charge in [-0.25, -0.2) is 9.37 Å². The van der Waals surface area contributed by atoms with Gasteiger partial charge in [0.05, 0.1) is 27.9 Å². The third-order valence-corrected chi connectivity index (χ3v) is 5.96. The van der Waals surface area contributed by atoms with Crippen molar-refractivity contribution in [2.45, 2.75) is 18.9 Å². The van der Waals surface area contributed by atoms with Gasteiger partial charge in [-0.05, 0) is 36.4 Å². The molecule has 0 N–H and O–H groups in total. The number of likely N-dealkylation sites (tertiary alicyclic amines) is 1. The highest BCUT2D eigenvalue weighted by Crippen LogP contribution is 2.32. The summed E-state index contributed by atoms with van der Waals surface area (Å²) < 4.78 is 25.5. The number of fused-ring (bicyclic) bond motifs is 1. The maximum Gasteiger partial charge on any atom is 0.274 e. The molecule has 8 heteroatoms. The van der Waals surface area contributed by atoms with Gasteiger partial charge in [0.1, 0.15) is 17.7 Å². The first-order chi connectivity index (χ1) is 13.5. The summed E-state index contributed by atoms with van der Waals surface area (Å²) in [6.45, 7) is 1.10. The monoisotopic (exact) mass is 420 g/mol. The topological polar surface area (TPSA) is 51.7 Å². The maximum atomic E-state index is 13.2. The fourth-order valence-electron chi connectivity index (χ4n) is 3.21. The molecule has 1 amide bonds. The van der Waals surface area contributed by atoms with Crippen LogP contribution >= 0.6 is 22.9 Å². The minimum atomic E-state index is -0.456. The summed E-state index contributed by atoms with van der Waals surface area (Å²) in [4.78, 5) is 18.9. The number of methoxy groups -OCH3 is 1. The van der Waals surface area contributed by atoms with Gasteiger partial charge in [-0.15, -0.1) is 0 Å². The largest absolute Gasteiger partial charge is 0.497 e. The highest BCUT2D eigenvalue weighted by Gasteiger charge is 2.26. The number of carbonyl (C=O) groups is 1. The Kier molecular flexibility index (Phi) is 5.37. The van der Waals surface area contributed by atoms with Gasteiger partial charge in [0.25, 0.3) is 11.1 Å². The third-order valence-electron chi connectivity index (χ3n) is 4.73. The van der Waals surface area contributed by atoms with Crippen LogP contribution in [0.3, 0.4) is 0 Å². The lowest BCUT2D eigenvalue weighted by atomic mass is 10.1. The Labute approximate surface area is 170 Å². The molecule has 2 aromatic carbocycles. The van der Waals surface area contributed by atoms with Gasteiger partial charge in [0, 0.05) is 25.9 Å². The number of amides is 1. The van der Waals surface area contributed by atoms with Gasteiger partial charge in [-0.1, -0.05) is 22.9 Å². The Morgan fingerprint density at radius 3 is 2.75 bits per heavy atom. The van der Waals surface area contributed by atoms with E-state index in [-0.39, 0.29) is 17.0 Å². The van der Waals surface area contributed by atoms with Gasteiger partial charge in [0.15, 0.2) is 0 Å². The highest BCUT2D eigenvalue weighted by molar-refractivity contribution is 7.20. The summed E-state index contributed by atoms with van der Waals surface area (Å²) in [6, 6.07) is 9.55. The Balaban J connectivity index is 1.38. The van der Waals surface area contributed by atoms with Crippen LogP contribution in [0.2, 0.25) is 5.02 Å². The minimum absolute atomic E-state index is 0.00445. The molecule has 0 unspecified atom stereocenters. The second-order valence-corrected chi connectivity index (χ2v) is 7.95. The molecule has 4 rings (SSSR count). The summed E-state index contributed by atoms with van der Waals surface area (Å²) in [5.74, 6) is 0.145. The molecule has 1 aliphatic heterocycles. The molecule has 0 saturated carbocycles. The molecular weight excluding hydrogens is 403 g/mol. The number of halogens is 2. The van der Waals surface area contributed by atoms with Crippen LogP contribution in [-0.2, 0) is 0 Å². The van der Waals surface area contributed by atoms with E-state index in [1.807, 2.05) is 18.2 Å². The van der Waals surface area contributed by atoms with Crippen molar-refractivity contribution in [2.75, 3.05) is 20.2 Å². The van der Waals surface area contributed by atoms with Gasteiger partial charge in [0.2, 0.25) is 0 Å². The number of aromatic nitrogens is 1. The lowest BCUT2D eigenvalue weighted by Gasteiger charge is -2.31. The first kappa shape index (κ1) is 19.0. The first-order valence-corrected chi connectivity index (χ1v) is 10.1. The number of rotatable bonds is 4. The number of ether oxygens (including phenoxy) is 2. The predicted molar refractivity (Wildman–Crippen MR) is 107 cm³/mol. The van der Waals surface area contributed by atoms with Crippen molar-refractivity contribution in [3.8, 4) is 10.9 Å². The van der Waals surface area contributed by atoms with E-state index in [1.54, 1.807) is 12.0 Å². The van der Waals surface area contributed by atoms with Crippen molar-refractivity contribution in [3.63, 3.8) is 0 Å². The quantitative estimate of drug-likeness (QED) is 0.609. The Morgan fingerprint density at radius 2 is 2.04 bits per heavy atom. The molecule has 28 heavy (non-hydrogen) atoms. The molecule has 1 aromatic heterocycles. The number of hydrogen-bond acceptors (Lipinski definition) is 5. The molecule has 0 spiro atoms. The van der Waals surface area contributed by atoms with Crippen molar-refractivity contribution in [1.29, 1.82) is 0 Å². The third kappa shape index (κ3) is 3.91. The second-order valence-electron chi connectivity index (χ2n) is 6.55. The van der Waals surface area contributed by atoms with E-state index in [9.17, 15) is 9.18 Å². The summed E-state index contributed by atoms with van der Waals surface area (Å²) in [7, 11) is 1.63. The van der Waals surface area contributed by atoms with Crippen LogP contribution in [0.25, 0.3) is 10.2 Å². The van der Waals surface area contributed by atoms with E-state index in [0.29, 0.717) is 36.7 Å². The average Bonchev–Trinajstić information content (AvgIpc) is 3.09. The number of thiazole rings is 1. The van der Waals surface area contributed by atoms with Crippen LogP contribution in [-0.4, -0.2) is 42.1 Å². The lowest BCUT2D eigenvalue weighted by Crippen LogP contribution is -2.41. The number of carbonyl (C=O) groups excluding carboxylic acids is 1. The van der Waals surface area contributed by atoms with Crippen LogP contribution in [0.4, 0.5) is 4.39 Å². The summed E-state index contributed by atoms with van der Waals surface area (Å²) in [5.41, 5.74) is 1.20. The lowest BCUT2D eigenvalue weighted by molar-refractivity contribution is 0.0595. The molecule has 3 aromatic rings. The fraction of sp³-hybridized carbons (Fsp3) is 0.300. The van der Waals surface area contributed by atoms with Crippen molar-refractivity contribution in [2.24, 2.45) is 0 Å². The number of piperidine rings is 1. The molecule has 1 fully saturated rings. The molecular formula is C20H18ClFN2O3S. The number of nitrogens with zero attached hydrogens (tertiary/aromatic N) is 2.